The highest BCUT2D eigenvalue weighted by molar-refractivity contribution is 14.0. The first kappa shape index (κ1) is 26.4. The van der Waals surface area contributed by atoms with Crippen LogP contribution < -0.4 is 15.4 Å². The largest absolute Gasteiger partial charge is 0.490 e. The highest BCUT2D eigenvalue weighted by atomic mass is 127. The fraction of sp³-hybridized carbons (Fsp3) is 0.458. The highest BCUT2D eigenvalue weighted by Crippen LogP contribution is 2.27. The Morgan fingerprint density at radius 2 is 1.78 bits per heavy atom. The SMILES string of the molecule is CCNC(=NCc1ccc(S(C)(=O)=O)cc1)NCc1ccc(C)cc1OC1CCCC1.I. The van der Waals surface area contributed by atoms with Gasteiger partial charge in [0.25, 0.3) is 0 Å². The van der Waals surface area contributed by atoms with Crippen molar-refractivity contribution in [1.82, 2.24) is 10.6 Å². The Labute approximate surface area is 209 Å². The van der Waals surface area contributed by atoms with Crippen LogP contribution in [0.5, 0.6) is 5.75 Å². The highest BCUT2D eigenvalue weighted by Gasteiger charge is 2.18. The van der Waals surface area contributed by atoms with Crippen molar-refractivity contribution in [1.29, 1.82) is 0 Å². The fourth-order valence-corrected chi connectivity index (χ4v) is 4.27. The summed E-state index contributed by atoms with van der Waals surface area (Å²) in [6.07, 6.45) is 6.27. The first-order chi connectivity index (χ1) is 14.8. The molecular weight excluding hydrogens is 537 g/mol. The van der Waals surface area contributed by atoms with E-state index in [2.05, 4.69) is 40.7 Å². The molecule has 0 unspecified atom stereocenters. The molecule has 176 valence electrons. The number of benzene rings is 2. The van der Waals surface area contributed by atoms with Crippen LogP contribution in [0.1, 0.15) is 49.3 Å². The van der Waals surface area contributed by atoms with Crippen LogP contribution in [-0.2, 0) is 22.9 Å². The van der Waals surface area contributed by atoms with E-state index in [9.17, 15) is 8.42 Å². The number of guanidine groups is 1. The molecule has 0 atom stereocenters. The van der Waals surface area contributed by atoms with Crippen LogP contribution in [0.2, 0.25) is 0 Å². The average Bonchev–Trinajstić information content (AvgIpc) is 3.24. The van der Waals surface area contributed by atoms with Crippen molar-refractivity contribution in [2.75, 3.05) is 12.8 Å². The van der Waals surface area contributed by atoms with Crippen molar-refractivity contribution in [3.8, 4) is 5.75 Å². The molecule has 0 aliphatic heterocycles. The molecule has 6 nitrogen and oxygen atoms in total. The van der Waals surface area contributed by atoms with Gasteiger partial charge in [-0.3, -0.25) is 0 Å². The van der Waals surface area contributed by atoms with Crippen LogP contribution in [0.15, 0.2) is 52.4 Å². The molecule has 1 fully saturated rings. The van der Waals surface area contributed by atoms with Gasteiger partial charge in [-0.05, 0) is 68.9 Å². The number of aryl methyl sites for hydroxylation is 1. The van der Waals surface area contributed by atoms with E-state index in [1.165, 1.54) is 24.7 Å². The molecule has 0 amide bonds. The van der Waals surface area contributed by atoms with E-state index in [0.717, 1.165) is 36.3 Å². The number of nitrogens with zero attached hydrogens (tertiary/aromatic N) is 1. The van der Waals surface area contributed by atoms with E-state index in [0.29, 0.717) is 30.0 Å². The zero-order valence-corrected chi connectivity index (χ0v) is 22.2. The molecule has 0 saturated heterocycles. The van der Waals surface area contributed by atoms with Crippen molar-refractivity contribution >= 4 is 39.8 Å². The summed E-state index contributed by atoms with van der Waals surface area (Å²) >= 11 is 0. The van der Waals surface area contributed by atoms with Gasteiger partial charge < -0.3 is 15.4 Å². The van der Waals surface area contributed by atoms with Gasteiger partial charge in [-0.2, -0.15) is 0 Å². The van der Waals surface area contributed by atoms with E-state index in [1.807, 2.05) is 6.92 Å². The quantitative estimate of drug-likeness (QED) is 0.275. The maximum absolute atomic E-state index is 11.6. The Kier molecular flexibility index (Phi) is 10.3. The molecule has 0 bridgehead atoms. The molecule has 1 aliphatic carbocycles. The second-order valence-electron chi connectivity index (χ2n) is 8.10. The molecule has 2 aromatic rings. The predicted molar refractivity (Wildman–Crippen MR) is 141 cm³/mol. The first-order valence-electron chi connectivity index (χ1n) is 10.9. The van der Waals surface area contributed by atoms with Gasteiger partial charge in [0.2, 0.25) is 0 Å². The van der Waals surface area contributed by atoms with Gasteiger partial charge in [0, 0.05) is 24.9 Å². The number of nitrogens with one attached hydrogen (secondary N) is 2. The molecule has 1 saturated carbocycles. The summed E-state index contributed by atoms with van der Waals surface area (Å²) in [4.78, 5) is 4.96. The smallest absolute Gasteiger partial charge is 0.191 e. The molecular formula is C24H34IN3O3S. The Balaban J connectivity index is 0.00000363. The van der Waals surface area contributed by atoms with E-state index in [4.69, 9.17) is 4.74 Å². The molecule has 0 heterocycles. The zero-order valence-electron chi connectivity index (χ0n) is 19.1. The average molecular weight is 572 g/mol. The Hall–Kier alpha value is -1.81. The third-order valence-corrected chi connectivity index (χ3v) is 6.51. The minimum absolute atomic E-state index is 0. The molecule has 1 aliphatic rings. The predicted octanol–water partition coefficient (Wildman–Crippen LogP) is 4.59. The molecule has 2 N–H and O–H groups in total. The zero-order chi connectivity index (χ0) is 22.3. The minimum Gasteiger partial charge on any atom is -0.490 e. The second-order valence-corrected chi connectivity index (χ2v) is 10.1. The van der Waals surface area contributed by atoms with Crippen LogP contribution in [0.3, 0.4) is 0 Å². The first-order valence-corrected chi connectivity index (χ1v) is 12.8. The lowest BCUT2D eigenvalue weighted by atomic mass is 10.1. The Morgan fingerprint density at radius 3 is 2.41 bits per heavy atom. The van der Waals surface area contributed by atoms with Crippen LogP contribution in [-0.4, -0.2) is 33.3 Å². The molecule has 0 aromatic heterocycles. The molecule has 0 radical (unpaired) electrons. The van der Waals surface area contributed by atoms with Gasteiger partial charge in [-0.1, -0.05) is 24.3 Å². The van der Waals surface area contributed by atoms with Crippen molar-refractivity contribution in [2.24, 2.45) is 4.99 Å². The Bertz CT molecular complexity index is 1000. The van der Waals surface area contributed by atoms with E-state index in [-0.39, 0.29) is 24.0 Å². The van der Waals surface area contributed by atoms with Crippen LogP contribution in [0.25, 0.3) is 0 Å². The maximum Gasteiger partial charge on any atom is 0.191 e. The van der Waals surface area contributed by atoms with Crippen molar-refractivity contribution in [3.63, 3.8) is 0 Å². The molecule has 3 rings (SSSR count). The lowest BCUT2D eigenvalue weighted by Gasteiger charge is -2.18. The van der Waals surface area contributed by atoms with Gasteiger partial charge in [0.1, 0.15) is 5.75 Å². The summed E-state index contributed by atoms with van der Waals surface area (Å²) in [6.45, 7) is 5.93. The lowest BCUT2D eigenvalue weighted by molar-refractivity contribution is 0.207. The van der Waals surface area contributed by atoms with Gasteiger partial charge in [-0.15, -0.1) is 24.0 Å². The van der Waals surface area contributed by atoms with E-state index >= 15 is 0 Å². The van der Waals surface area contributed by atoms with Gasteiger partial charge >= 0.3 is 0 Å². The number of hydrogen-bond donors (Lipinski definition) is 2. The number of aliphatic imine (C=N–C) groups is 1. The monoisotopic (exact) mass is 571 g/mol. The summed E-state index contributed by atoms with van der Waals surface area (Å²) in [7, 11) is -3.19. The lowest BCUT2D eigenvalue weighted by Crippen LogP contribution is -2.37. The van der Waals surface area contributed by atoms with Gasteiger partial charge in [0.05, 0.1) is 17.5 Å². The van der Waals surface area contributed by atoms with Gasteiger partial charge in [0.15, 0.2) is 15.8 Å². The summed E-state index contributed by atoms with van der Waals surface area (Å²) < 4.78 is 29.5. The molecule has 0 spiro atoms. The maximum atomic E-state index is 11.6. The van der Waals surface area contributed by atoms with Gasteiger partial charge in [-0.25, -0.2) is 13.4 Å². The third kappa shape index (κ3) is 7.95. The van der Waals surface area contributed by atoms with Crippen molar-refractivity contribution in [3.05, 3.63) is 59.2 Å². The third-order valence-electron chi connectivity index (χ3n) is 5.38. The topological polar surface area (TPSA) is 79.8 Å². The second kappa shape index (κ2) is 12.4. The van der Waals surface area contributed by atoms with Crippen molar-refractivity contribution < 1.29 is 13.2 Å². The number of hydrogen-bond acceptors (Lipinski definition) is 4. The molecule has 32 heavy (non-hydrogen) atoms. The Morgan fingerprint density at radius 1 is 1.09 bits per heavy atom. The van der Waals surface area contributed by atoms with Crippen LogP contribution >= 0.6 is 24.0 Å². The van der Waals surface area contributed by atoms with E-state index < -0.39 is 9.84 Å². The number of halogens is 1. The number of ether oxygens (including phenoxy) is 1. The summed E-state index contributed by atoms with van der Waals surface area (Å²) in [6, 6.07) is 13.2. The summed E-state index contributed by atoms with van der Waals surface area (Å²) in [5.41, 5.74) is 3.25. The summed E-state index contributed by atoms with van der Waals surface area (Å²) in [5.74, 6) is 1.66. The normalized spacial score (nSPS) is 14.7. The summed E-state index contributed by atoms with van der Waals surface area (Å²) in [5, 5.41) is 6.66. The van der Waals surface area contributed by atoms with Crippen LogP contribution in [0, 0.1) is 6.92 Å². The number of sulfone groups is 1. The molecule has 2 aromatic carbocycles. The fourth-order valence-electron chi connectivity index (χ4n) is 3.64. The van der Waals surface area contributed by atoms with E-state index in [1.54, 1.807) is 24.3 Å². The van der Waals surface area contributed by atoms with Crippen LogP contribution in [0.4, 0.5) is 0 Å². The minimum atomic E-state index is -3.19. The standard InChI is InChI=1S/C24H33N3O3S.HI/c1-4-25-24(26-16-19-10-13-22(14-11-19)31(3,28)29)27-17-20-12-9-18(2)15-23(20)30-21-7-5-6-8-21;/h9-15,21H,4-8,16-17H2,1-3H3,(H2,25,26,27);1H. The number of rotatable bonds is 8. The molecule has 8 heteroatoms. The van der Waals surface area contributed by atoms with Crippen molar-refractivity contribution in [2.45, 2.75) is 63.6 Å².